The van der Waals surface area contributed by atoms with Gasteiger partial charge in [0.15, 0.2) is 0 Å². The Hall–Kier alpha value is -5.81. The van der Waals surface area contributed by atoms with Gasteiger partial charge in [-0.1, -0.05) is 13.0 Å². The Labute approximate surface area is 353 Å². The summed E-state index contributed by atoms with van der Waals surface area (Å²) in [6, 6.07) is 0.157. The maximum atomic E-state index is 14.8. The van der Waals surface area contributed by atoms with Crippen molar-refractivity contribution in [2.45, 2.75) is 114 Å². The molecule has 5 aliphatic heterocycles. The molecular formula is C43H54F2N8O8. The highest BCUT2D eigenvalue weighted by atomic mass is 19.1. The molecule has 0 radical (unpaired) electrons. The van der Waals surface area contributed by atoms with Crippen LogP contribution in [0.2, 0.25) is 0 Å². The summed E-state index contributed by atoms with van der Waals surface area (Å²) in [5, 5.41) is 10.7. The smallest absolute Gasteiger partial charge is 0.329 e. The van der Waals surface area contributed by atoms with Crippen LogP contribution >= 0.6 is 0 Å². The number of likely N-dealkylation sites (N-methyl/N-ethyl adjacent to an activating group) is 1. The minimum atomic E-state index is -1.62. The summed E-state index contributed by atoms with van der Waals surface area (Å²) < 4.78 is 34.8. The number of nitrogens with one attached hydrogen (secondary N) is 4. The molecule has 4 fully saturated rings. The normalized spacial score (nSPS) is 27.7. The van der Waals surface area contributed by atoms with Crippen LogP contribution in [0.5, 0.6) is 0 Å². The molecule has 16 nitrogen and oxygen atoms in total. The van der Waals surface area contributed by atoms with Crippen LogP contribution in [-0.4, -0.2) is 132 Å². The van der Waals surface area contributed by atoms with Gasteiger partial charge in [0.05, 0.1) is 0 Å². The van der Waals surface area contributed by atoms with Crippen LogP contribution in [0.15, 0.2) is 36.4 Å². The van der Waals surface area contributed by atoms with E-state index in [1.165, 1.54) is 28.5 Å². The summed E-state index contributed by atoms with van der Waals surface area (Å²) in [7, 11) is 1.93. The predicted octanol–water partition coefficient (Wildman–Crippen LogP) is 2.23. The second-order valence-electron chi connectivity index (χ2n) is 17.1. The average molecular weight is 849 g/mol. The molecule has 2 aromatic carbocycles. The predicted molar refractivity (Wildman–Crippen MR) is 218 cm³/mol. The van der Waals surface area contributed by atoms with Gasteiger partial charge in [-0.15, -0.1) is 0 Å². The van der Waals surface area contributed by atoms with Gasteiger partial charge in [0.2, 0.25) is 29.5 Å². The van der Waals surface area contributed by atoms with Crippen molar-refractivity contribution in [3.8, 4) is 0 Å². The van der Waals surface area contributed by atoms with Gasteiger partial charge in [0.1, 0.15) is 54.0 Å². The van der Waals surface area contributed by atoms with Crippen molar-refractivity contribution >= 4 is 52.9 Å². The number of urea groups is 1. The van der Waals surface area contributed by atoms with E-state index in [2.05, 4.69) is 21.3 Å². The highest BCUT2D eigenvalue weighted by molar-refractivity contribution is 5.99. The number of fused-ring (bicyclic) bond motifs is 4. The Kier molecular flexibility index (Phi) is 12.8. The number of benzene rings is 2. The van der Waals surface area contributed by atoms with E-state index in [0.29, 0.717) is 37.4 Å². The number of carbonyl (C=O) groups excluding carboxylic acids is 7. The lowest BCUT2D eigenvalue weighted by atomic mass is 9.99. The summed E-state index contributed by atoms with van der Waals surface area (Å²) in [5.74, 6) is -5.93. The largest absolute Gasteiger partial charge is 0.458 e. The molecule has 0 spiro atoms. The molecule has 61 heavy (non-hydrogen) atoms. The lowest BCUT2D eigenvalue weighted by molar-refractivity contribution is -0.163. The van der Waals surface area contributed by atoms with E-state index in [1.807, 2.05) is 24.9 Å². The van der Waals surface area contributed by atoms with Crippen LogP contribution in [0.4, 0.5) is 25.0 Å². The Bertz CT molecular complexity index is 2070. The number of hydrogen-bond donors (Lipinski definition) is 4. The van der Waals surface area contributed by atoms with Gasteiger partial charge >= 0.3 is 12.0 Å². The van der Waals surface area contributed by atoms with Gasteiger partial charge < -0.3 is 45.6 Å². The zero-order chi connectivity index (χ0) is 43.7. The van der Waals surface area contributed by atoms with Crippen LogP contribution in [0, 0.1) is 17.6 Å². The quantitative estimate of drug-likeness (QED) is 0.316. The van der Waals surface area contributed by atoms with E-state index in [1.54, 1.807) is 12.1 Å². The number of cyclic esters (lactones) is 1. The maximum Gasteiger partial charge on any atom is 0.329 e. The summed E-state index contributed by atoms with van der Waals surface area (Å²) in [4.78, 5) is 105. The van der Waals surface area contributed by atoms with Gasteiger partial charge in [-0.2, -0.15) is 0 Å². The molecule has 7 amide bonds. The molecule has 0 unspecified atom stereocenters. The third-order valence-corrected chi connectivity index (χ3v) is 12.5. The van der Waals surface area contributed by atoms with E-state index in [0.717, 1.165) is 36.3 Å². The average Bonchev–Trinajstić information content (AvgIpc) is 3.96. The van der Waals surface area contributed by atoms with Crippen molar-refractivity contribution in [3.63, 3.8) is 0 Å². The van der Waals surface area contributed by atoms with Crippen LogP contribution in [0.25, 0.3) is 0 Å². The van der Waals surface area contributed by atoms with E-state index < -0.39 is 102 Å². The zero-order valence-electron chi connectivity index (χ0n) is 34.9. The molecule has 8 atom stereocenters. The number of hydrogen-bond acceptors (Lipinski definition) is 9. The van der Waals surface area contributed by atoms with Gasteiger partial charge in [0.25, 0.3) is 0 Å². The molecule has 4 saturated heterocycles. The number of carbonyl (C=O) groups is 7. The van der Waals surface area contributed by atoms with Crippen LogP contribution in [0.1, 0.15) is 70.4 Å². The SMILES string of the molecule is C[C@@H]1C[C@H]2C(=O)O[C@@H](C)[C@H](NC(=O)[C@H](Cc3cc(F)cc(F)c3)NC(=O)Nc3ccc4c(c3)N(C)CC4)C(=O)N3CCC[C@H]3C(=O)N3CCCC[C@H]3C(=O)N[C@@H](C)C(=O)N2C1. The first-order valence-electron chi connectivity index (χ1n) is 21.2. The lowest BCUT2D eigenvalue weighted by Gasteiger charge is -2.39. The van der Waals surface area contributed by atoms with Crippen molar-refractivity contribution in [2.24, 2.45) is 5.92 Å². The van der Waals surface area contributed by atoms with Crippen molar-refractivity contribution in [3.05, 3.63) is 59.2 Å². The number of nitrogens with zero attached hydrogens (tertiary/aromatic N) is 4. The molecule has 0 bridgehead atoms. The van der Waals surface area contributed by atoms with Crippen molar-refractivity contribution in [1.29, 1.82) is 0 Å². The van der Waals surface area contributed by atoms with Crippen molar-refractivity contribution in [2.75, 3.05) is 43.4 Å². The topological polar surface area (TPSA) is 190 Å². The molecular weight excluding hydrogens is 795 g/mol. The van der Waals surface area contributed by atoms with E-state index in [4.69, 9.17) is 4.74 Å². The summed E-state index contributed by atoms with van der Waals surface area (Å²) in [6.07, 6.45) is 1.65. The zero-order valence-corrected chi connectivity index (χ0v) is 34.9. The fourth-order valence-corrected chi connectivity index (χ4v) is 9.34. The highest BCUT2D eigenvalue weighted by Gasteiger charge is 2.47. The fraction of sp³-hybridized carbons (Fsp3) is 0.558. The first-order valence-corrected chi connectivity index (χ1v) is 21.2. The Morgan fingerprint density at radius 2 is 1.54 bits per heavy atom. The molecule has 7 rings (SSSR count). The van der Waals surface area contributed by atoms with Crippen LogP contribution in [-0.2, 0) is 46.3 Å². The van der Waals surface area contributed by atoms with E-state index >= 15 is 0 Å². The summed E-state index contributed by atoms with van der Waals surface area (Å²) >= 11 is 0. The maximum absolute atomic E-state index is 14.8. The van der Waals surface area contributed by atoms with Crippen LogP contribution in [0.3, 0.4) is 0 Å². The Balaban J connectivity index is 1.20. The van der Waals surface area contributed by atoms with Gasteiger partial charge in [-0.3, -0.25) is 24.0 Å². The number of esters is 1. The van der Waals surface area contributed by atoms with Gasteiger partial charge in [-0.25, -0.2) is 18.4 Å². The van der Waals surface area contributed by atoms with Crippen LogP contribution < -0.4 is 26.2 Å². The first-order chi connectivity index (χ1) is 29.1. The molecule has 4 N–H and O–H groups in total. The molecule has 2 aromatic rings. The molecule has 5 aliphatic rings. The third kappa shape index (κ3) is 9.42. The van der Waals surface area contributed by atoms with Gasteiger partial charge in [0, 0.05) is 57.1 Å². The number of ether oxygens (including phenoxy) is 1. The highest BCUT2D eigenvalue weighted by Crippen LogP contribution is 2.31. The minimum Gasteiger partial charge on any atom is -0.458 e. The van der Waals surface area contributed by atoms with Crippen molar-refractivity contribution < 1.29 is 47.1 Å². The summed E-state index contributed by atoms with van der Waals surface area (Å²) in [6.45, 7) is 6.20. The van der Waals surface area contributed by atoms with E-state index in [9.17, 15) is 42.3 Å². The number of rotatable bonds is 6. The minimum absolute atomic E-state index is 0.0283. The fourth-order valence-electron chi connectivity index (χ4n) is 9.34. The Morgan fingerprint density at radius 3 is 2.30 bits per heavy atom. The first kappa shape index (κ1) is 43.3. The van der Waals surface area contributed by atoms with E-state index in [-0.39, 0.29) is 44.0 Å². The molecule has 328 valence electrons. The number of amides is 7. The Morgan fingerprint density at radius 1 is 0.836 bits per heavy atom. The standard InChI is InChI=1S/C43H54F2N8O8/c1-23-16-35-42(59)61-25(3)36(41(58)52-14-7-9-33(52)40(57)51-13-6-5-8-32(51)38(55)46-24(2)39(56)53(35)22-23)49-37(54)31(19-26-17-28(44)20-29(45)18-26)48-43(60)47-30-11-10-27-12-15-50(4)34(27)21-30/h10-11,17-18,20-21,23-25,31-33,35-36H,5-9,12-16,19,22H2,1-4H3,(H,46,55)(H,49,54)(H2,47,48,60)/t23-,24+,25+,31+,32+,33+,35+,36+/m1/s1. The lowest BCUT2D eigenvalue weighted by Crippen LogP contribution is -2.63. The number of anilines is 2. The molecule has 0 aliphatic carbocycles. The number of halogens is 2. The monoisotopic (exact) mass is 848 g/mol. The van der Waals surface area contributed by atoms with Crippen molar-refractivity contribution in [1.82, 2.24) is 30.7 Å². The molecule has 0 aromatic heterocycles. The summed E-state index contributed by atoms with van der Waals surface area (Å²) in [5.41, 5.74) is 2.49. The molecule has 0 saturated carbocycles. The van der Waals surface area contributed by atoms with Gasteiger partial charge in [-0.05, 0) is 100 Å². The molecule has 5 heterocycles. The molecule has 18 heteroatoms. The second kappa shape index (κ2) is 18.0. The number of piperidine rings is 1. The third-order valence-electron chi connectivity index (χ3n) is 12.5. The second-order valence-corrected chi connectivity index (χ2v) is 17.1.